The van der Waals surface area contributed by atoms with Crippen molar-refractivity contribution in [2.75, 3.05) is 51.5 Å². The van der Waals surface area contributed by atoms with Gasteiger partial charge in [0.25, 0.3) is 0 Å². The van der Waals surface area contributed by atoms with Crippen molar-refractivity contribution in [2.45, 2.75) is 19.8 Å². The number of nitrogens with zero attached hydrogens (tertiary/aromatic N) is 2. The minimum Gasteiger partial charge on any atom is -0.377 e. The third-order valence-electron chi connectivity index (χ3n) is 2.53. The molecular formula is C14H28N4O3S. The monoisotopic (exact) mass is 332 g/mol. The number of hydrazone groups is 1. The number of rotatable bonds is 14. The molecule has 0 atom stereocenters. The second-order valence-electron chi connectivity index (χ2n) is 4.50. The van der Waals surface area contributed by atoms with Gasteiger partial charge in [-0.2, -0.15) is 16.9 Å². The Labute approximate surface area is 137 Å². The summed E-state index contributed by atoms with van der Waals surface area (Å²) >= 11 is 1.84. The molecule has 0 saturated carbocycles. The lowest BCUT2D eigenvalue weighted by molar-refractivity contribution is -0.119. The first-order chi connectivity index (χ1) is 10.7. The van der Waals surface area contributed by atoms with E-state index >= 15 is 0 Å². The van der Waals surface area contributed by atoms with Crippen LogP contribution in [0.1, 0.15) is 19.8 Å². The molecule has 0 aliphatic rings. The summed E-state index contributed by atoms with van der Waals surface area (Å²) in [7, 11) is 0. The number of aliphatic imine (C=N–C) groups is 1. The van der Waals surface area contributed by atoms with Gasteiger partial charge in [0.15, 0.2) is 0 Å². The summed E-state index contributed by atoms with van der Waals surface area (Å²) in [6, 6.07) is 0. The molecule has 0 radical (unpaired) electrons. The fourth-order valence-electron chi connectivity index (χ4n) is 1.42. The van der Waals surface area contributed by atoms with E-state index in [1.165, 1.54) is 19.1 Å². The smallest absolute Gasteiger partial charge is 0.216 e. The van der Waals surface area contributed by atoms with Gasteiger partial charge in [-0.25, -0.2) is 0 Å². The van der Waals surface area contributed by atoms with Crippen LogP contribution in [-0.2, 0) is 14.3 Å². The number of carbonyl (C=O) groups is 1. The van der Waals surface area contributed by atoms with E-state index in [0.717, 1.165) is 13.0 Å². The molecule has 8 heteroatoms. The van der Waals surface area contributed by atoms with E-state index in [-0.39, 0.29) is 5.91 Å². The van der Waals surface area contributed by atoms with Gasteiger partial charge in [-0.15, -0.1) is 0 Å². The lowest BCUT2D eigenvalue weighted by atomic mass is 10.3. The SMILES string of the molecule is CSCCCCN=C/C(COCCOCCNC(C)=O)=N\N. The van der Waals surface area contributed by atoms with Crippen molar-refractivity contribution in [3.05, 3.63) is 0 Å². The first-order valence-corrected chi connectivity index (χ1v) is 8.75. The average molecular weight is 332 g/mol. The normalized spacial score (nSPS) is 12.0. The van der Waals surface area contributed by atoms with E-state index in [1.807, 2.05) is 11.8 Å². The van der Waals surface area contributed by atoms with Gasteiger partial charge in [0.1, 0.15) is 5.71 Å². The van der Waals surface area contributed by atoms with Gasteiger partial charge in [0.05, 0.1) is 26.4 Å². The molecule has 3 N–H and O–H groups in total. The standard InChI is InChI=1S/C14H28N4O3S/c1-13(19)17-6-7-20-8-9-21-12-14(18-15)11-16-5-3-4-10-22-2/h11H,3-10,12,15H2,1-2H3,(H,17,19)/b16-11?,18-14+. The summed E-state index contributed by atoms with van der Waals surface area (Å²) in [5.41, 5.74) is 0.614. The van der Waals surface area contributed by atoms with Gasteiger partial charge in [0.2, 0.25) is 5.91 Å². The number of carbonyl (C=O) groups excluding carboxylic acids is 1. The van der Waals surface area contributed by atoms with Crippen molar-refractivity contribution in [3.8, 4) is 0 Å². The van der Waals surface area contributed by atoms with Crippen LogP contribution in [0.5, 0.6) is 0 Å². The maximum atomic E-state index is 10.6. The third kappa shape index (κ3) is 15.3. The van der Waals surface area contributed by atoms with Crippen LogP contribution in [0.4, 0.5) is 0 Å². The van der Waals surface area contributed by atoms with Crippen molar-refractivity contribution in [1.82, 2.24) is 5.32 Å². The molecule has 0 spiro atoms. The molecule has 0 aromatic heterocycles. The second kappa shape index (κ2) is 16.3. The molecule has 0 aliphatic carbocycles. The highest BCUT2D eigenvalue weighted by molar-refractivity contribution is 7.98. The Kier molecular flexibility index (Phi) is 15.4. The number of nitrogens with two attached hydrogens (primary N) is 1. The minimum absolute atomic E-state index is 0.0589. The van der Waals surface area contributed by atoms with Crippen LogP contribution in [0.3, 0.4) is 0 Å². The van der Waals surface area contributed by atoms with E-state index in [0.29, 0.717) is 38.7 Å². The topological polar surface area (TPSA) is 98.3 Å². The molecule has 128 valence electrons. The maximum absolute atomic E-state index is 10.6. The second-order valence-corrected chi connectivity index (χ2v) is 5.49. The molecular weight excluding hydrogens is 304 g/mol. The van der Waals surface area contributed by atoms with Gasteiger partial charge >= 0.3 is 0 Å². The lowest BCUT2D eigenvalue weighted by Crippen LogP contribution is -2.25. The number of nitrogens with one attached hydrogen (secondary N) is 1. The third-order valence-corrected chi connectivity index (χ3v) is 3.23. The Hall–Kier alpha value is -1.12. The number of thioether (sulfide) groups is 1. The Balaban J connectivity index is 3.50. The zero-order valence-corrected chi connectivity index (χ0v) is 14.4. The largest absolute Gasteiger partial charge is 0.377 e. The quantitative estimate of drug-likeness (QED) is 0.211. The van der Waals surface area contributed by atoms with Crippen LogP contribution in [0.2, 0.25) is 0 Å². The minimum atomic E-state index is -0.0589. The first-order valence-electron chi connectivity index (χ1n) is 7.36. The summed E-state index contributed by atoms with van der Waals surface area (Å²) in [5.74, 6) is 6.39. The first kappa shape index (κ1) is 20.9. The van der Waals surface area contributed by atoms with Crippen molar-refractivity contribution in [3.63, 3.8) is 0 Å². The van der Waals surface area contributed by atoms with Crippen molar-refractivity contribution in [2.24, 2.45) is 15.9 Å². The predicted octanol–water partition coefficient (Wildman–Crippen LogP) is 0.684. The zero-order valence-electron chi connectivity index (χ0n) is 13.5. The van der Waals surface area contributed by atoms with Crippen LogP contribution >= 0.6 is 11.8 Å². The molecule has 0 fully saturated rings. The van der Waals surface area contributed by atoms with Crippen molar-refractivity contribution in [1.29, 1.82) is 0 Å². The summed E-state index contributed by atoms with van der Waals surface area (Å²) in [6.45, 7) is 4.46. The van der Waals surface area contributed by atoms with E-state index < -0.39 is 0 Å². The van der Waals surface area contributed by atoms with Crippen molar-refractivity contribution >= 4 is 29.6 Å². The van der Waals surface area contributed by atoms with Crippen molar-refractivity contribution < 1.29 is 14.3 Å². The van der Waals surface area contributed by atoms with Gasteiger partial charge in [-0.1, -0.05) is 0 Å². The molecule has 0 aromatic carbocycles. The van der Waals surface area contributed by atoms with E-state index in [9.17, 15) is 4.79 Å². The Bertz CT molecular complexity index is 338. The van der Waals surface area contributed by atoms with Crippen LogP contribution in [-0.4, -0.2) is 69.4 Å². The summed E-state index contributed by atoms with van der Waals surface area (Å²) < 4.78 is 10.7. The number of unbranched alkanes of at least 4 members (excludes halogenated alkanes) is 1. The molecule has 22 heavy (non-hydrogen) atoms. The Morgan fingerprint density at radius 1 is 1.27 bits per heavy atom. The average Bonchev–Trinajstić information content (AvgIpc) is 2.50. The summed E-state index contributed by atoms with van der Waals surface area (Å²) in [6.07, 6.45) is 6.00. The molecule has 0 unspecified atom stereocenters. The van der Waals surface area contributed by atoms with Gasteiger partial charge in [0, 0.05) is 26.2 Å². The molecule has 0 aromatic rings. The van der Waals surface area contributed by atoms with Crippen LogP contribution in [0.15, 0.2) is 10.1 Å². The molecule has 0 aliphatic heterocycles. The highest BCUT2D eigenvalue weighted by atomic mass is 32.2. The van der Waals surface area contributed by atoms with E-state index in [1.54, 1.807) is 6.21 Å². The summed E-state index contributed by atoms with van der Waals surface area (Å²) in [5, 5.41) is 6.28. The zero-order chi connectivity index (χ0) is 16.5. The fraction of sp³-hybridized carbons (Fsp3) is 0.786. The number of ether oxygens (including phenoxy) is 2. The molecule has 0 rings (SSSR count). The highest BCUT2D eigenvalue weighted by Gasteiger charge is 1.97. The molecule has 0 bridgehead atoms. The fourth-order valence-corrected chi connectivity index (χ4v) is 1.92. The molecule has 0 heterocycles. The summed E-state index contributed by atoms with van der Waals surface area (Å²) in [4.78, 5) is 14.9. The van der Waals surface area contributed by atoms with E-state index in [2.05, 4.69) is 21.7 Å². The maximum Gasteiger partial charge on any atom is 0.216 e. The Morgan fingerprint density at radius 2 is 2.05 bits per heavy atom. The Morgan fingerprint density at radius 3 is 2.73 bits per heavy atom. The van der Waals surface area contributed by atoms with E-state index in [4.69, 9.17) is 15.3 Å². The van der Waals surface area contributed by atoms with Crippen LogP contribution < -0.4 is 11.2 Å². The predicted molar refractivity (Wildman–Crippen MR) is 92.9 cm³/mol. The van der Waals surface area contributed by atoms with Gasteiger partial charge < -0.3 is 20.6 Å². The number of hydrogen-bond donors (Lipinski definition) is 2. The highest BCUT2D eigenvalue weighted by Crippen LogP contribution is 1.98. The number of amides is 1. The van der Waals surface area contributed by atoms with Gasteiger partial charge in [-0.3, -0.25) is 9.79 Å². The lowest BCUT2D eigenvalue weighted by Gasteiger charge is -2.06. The molecule has 1 amide bonds. The molecule has 7 nitrogen and oxygen atoms in total. The van der Waals surface area contributed by atoms with Crippen LogP contribution in [0, 0.1) is 0 Å². The molecule has 0 saturated heterocycles. The number of hydrogen-bond acceptors (Lipinski definition) is 7. The van der Waals surface area contributed by atoms with Gasteiger partial charge in [-0.05, 0) is 24.9 Å². The van der Waals surface area contributed by atoms with Crippen LogP contribution in [0.25, 0.3) is 0 Å².